The number of primary amides is 1. The smallest absolute Gasteiger partial charge is 0.234 e. The topological polar surface area (TPSA) is 98.7 Å². The number of rotatable bonds is 4. The van der Waals surface area contributed by atoms with Gasteiger partial charge in [0.1, 0.15) is 0 Å². The first-order valence-electron chi connectivity index (χ1n) is 5.01. The van der Waals surface area contributed by atoms with Gasteiger partial charge in [0, 0.05) is 19.5 Å². The average molecular weight is 252 g/mol. The molecule has 94 valence electrons. The van der Waals surface area contributed by atoms with Crippen molar-refractivity contribution in [3.63, 3.8) is 0 Å². The summed E-state index contributed by atoms with van der Waals surface area (Å²) < 4.78 is 5.12. The van der Waals surface area contributed by atoms with E-state index in [-0.39, 0.29) is 24.7 Å². The van der Waals surface area contributed by atoms with E-state index in [9.17, 15) is 9.59 Å². The van der Waals surface area contributed by atoms with Crippen LogP contribution in [0, 0.1) is 0 Å². The van der Waals surface area contributed by atoms with Crippen molar-refractivity contribution in [1.29, 1.82) is 0 Å². The lowest BCUT2D eigenvalue weighted by atomic mass is 10.1. The van der Waals surface area contributed by atoms with Crippen LogP contribution in [0.5, 0.6) is 0 Å². The fourth-order valence-electron chi connectivity index (χ4n) is 1.39. The summed E-state index contributed by atoms with van der Waals surface area (Å²) in [6.45, 7) is 2.39. The Kier molecular flexibility index (Phi) is 7.03. The Morgan fingerprint density at radius 2 is 1.88 bits per heavy atom. The van der Waals surface area contributed by atoms with Gasteiger partial charge in [-0.2, -0.15) is 0 Å². The number of carbonyl (C=O) groups is 2. The number of morpholine rings is 1. The summed E-state index contributed by atoms with van der Waals surface area (Å²) in [4.78, 5) is 23.9. The van der Waals surface area contributed by atoms with Crippen LogP contribution in [0.15, 0.2) is 0 Å². The lowest BCUT2D eigenvalue weighted by Gasteiger charge is -2.27. The lowest BCUT2D eigenvalue weighted by molar-refractivity contribution is -0.135. The summed E-state index contributed by atoms with van der Waals surface area (Å²) in [6, 6.07) is -0.727. The van der Waals surface area contributed by atoms with Gasteiger partial charge in [0.25, 0.3) is 0 Å². The molecule has 0 radical (unpaired) electrons. The molecule has 6 nitrogen and oxygen atoms in total. The summed E-state index contributed by atoms with van der Waals surface area (Å²) in [5.74, 6) is -0.556. The third-order valence-electron chi connectivity index (χ3n) is 2.40. The Bertz CT molecular complexity index is 244. The van der Waals surface area contributed by atoms with Gasteiger partial charge in [-0.15, -0.1) is 12.4 Å². The number of halogens is 1. The van der Waals surface area contributed by atoms with Gasteiger partial charge in [-0.3, -0.25) is 9.59 Å². The van der Waals surface area contributed by atoms with Crippen LogP contribution in [0.4, 0.5) is 0 Å². The first-order chi connectivity index (χ1) is 7.11. The van der Waals surface area contributed by atoms with E-state index in [1.807, 2.05) is 0 Å². The van der Waals surface area contributed by atoms with Crippen molar-refractivity contribution in [1.82, 2.24) is 4.90 Å². The molecular formula is C9H18ClN3O3. The van der Waals surface area contributed by atoms with Gasteiger partial charge < -0.3 is 21.1 Å². The summed E-state index contributed by atoms with van der Waals surface area (Å²) in [5, 5.41) is 0. The second-order valence-electron chi connectivity index (χ2n) is 3.54. The number of ether oxygens (including phenoxy) is 1. The highest BCUT2D eigenvalue weighted by Crippen LogP contribution is 2.03. The molecule has 0 aromatic rings. The summed E-state index contributed by atoms with van der Waals surface area (Å²) in [5.41, 5.74) is 10.4. The van der Waals surface area contributed by atoms with Gasteiger partial charge >= 0.3 is 0 Å². The molecule has 2 amide bonds. The van der Waals surface area contributed by atoms with Crippen molar-refractivity contribution < 1.29 is 14.3 Å². The van der Waals surface area contributed by atoms with E-state index in [1.165, 1.54) is 0 Å². The molecule has 0 bridgehead atoms. The number of nitrogens with zero attached hydrogens (tertiary/aromatic N) is 1. The van der Waals surface area contributed by atoms with Crippen LogP contribution in [0.3, 0.4) is 0 Å². The van der Waals surface area contributed by atoms with E-state index < -0.39 is 11.9 Å². The normalized spacial score (nSPS) is 17.4. The molecule has 4 N–H and O–H groups in total. The van der Waals surface area contributed by atoms with Crippen LogP contribution in [0.25, 0.3) is 0 Å². The zero-order valence-corrected chi connectivity index (χ0v) is 9.87. The molecule has 1 rings (SSSR count). The predicted molar refractivity (Wildman–Crippen MR) is 61.1 cm³/mol. The van der Waals surface area contributed by atoms with Crippen molar-refractivity contribution in [3.8, 4) is 0 Å². The van der Waals surface area contributed by atoms with Crippen molar-refractivity contribution in [3.05, 3.63) is 0 Å². The van der Waals surface area contributed by atoms with Crippen molar-refractivity contribution >= 4 is 24.2 Å². The second-order valence-corrected chi connectivity index (χ2v) is 3.54. The largest absolute Gasteiger partial charge is 0.378 e. The van der Waals surface area contributed by atoms with Crippen LogP contribution in [0.1, 0.15) is 12.8 Å². The third kappa shape index (κ3) is 4.78. The Hall–Kier alpha value is -0.850. The Morgan fingerprint density at radius 1 is 1.31 bits per heavy atom. The second kappa shape index (κ2) is 7.43. The number of hydrogen-bond acceptors (Lipinski definition) is 4. The minimum Gasteiger partial charge on any atom is -0.378 e. The van der Waals surface area contributed by atoms with Crippen LogP contribution in [-0.2, 0) is 14.3 Å². The van der Waals surface area contributed by atoms with E-state index in [2.05, 4.69) is 0 Å². The SMILES string of the molecule is Cl.NC(=O)[C@@H](N)CCC(=O)N1CCOCC1. The molecule has 1 aliphatic rings. The van der Waals surface area contributed by atoms with Crippen molar-refractivity contribution in [2.24, 2.45) is 11.5 Å². The number of carbonyl (C=O) groups excluding carboxylic acids is 2. The highest BCUT2D eigenvalue weighted by Gasteiger charge is 2.18. The maximum atomic E-state index is 11.6. The monoisotopic (exact) mass is 251 g/mol. The molecule has 1 atom stereocenters. The van der Waals surface area contributed by atoms with Crippen molar-refractivity contribution in [2.45, 2.75) is 18.9 Å². The van der Waals surface area contributed by atoms with E-state index in [4.69, 9.17) is 16.2 Å². The maximum Gasteiger partial charge on any atom is 0.234 e. The molecule has 0 saturated carbocycles. The quantitative estimate of drug-likeness (QED) is 0.660. The lowest BCUT2D eigenvalue weighted by Crippen LogP contribution is -2.42. The van der Waals surface area contributed by atoms with Gasteiger partial charge in [0.05, 0.1) is 19.3 Å². The van der Waals surface area contributed by atoms with Gasteiger partial charge in [-0.1, -0.05) is 0 Å². The number of amides is 2. The molecule has 1 saturated heterocycles. The zero-order chi connectivity index (χ0) is 11.3. The van der Waals surface area contributed by atoms with E-state index in [1.54, 1.807) is 4.90 Å². The highest BCUT2D eigenvalue weighted by molar-refractivity contribution is 5.85. The molecule has 0 aliphatic carbocycles. The molecule has 16 heavy (non-hydrogen) atoms. The predicted octanol–water partition coefficient (Wildman–Crippen LogP) is -1.14. The first-order valence-corrected chi connectivity index (χ1v) is 5.01. The highest BCUT2D eigenvalue weighted by atomic mass is 35.5. The molecule has 1 aliphatic heterocycles. The minimum atomic E-state index is -0.727. The number of hydrogen-bond donors (Lipinski definition) is 2. The first kappa shape index (κ1) is 15.2. The fourth-order valence-corrected chi connectivity index (χ4v) is 1.39. The molecule has 1 heterocycles. The van der Waals surface area contributed by atoms with Crippen LogP contribution < -0.4 is 11.5 Å². The molecule has 0 aromatic heterocycles. The summed E-state index contributed by atoms with van der Waals surface area (Å²) in [7, 11) is 0. The number of nitrogens with two attached hydrogens (primary N) is 2. The van der Waals surface area contributed by atoms with Crippen LogP contribution in [-0.4, -0.2) is 49.1 Å². The third-order valence-corrected chi connectivity index (χ3v) is 2.40. The van der Waals surface area contributed by atoms with Crippen LogP contribution in [0.2, 0.25) is 0 Å². The van der Waals surface area contributed by atoms with Gasteiger partial charge in [0.15, 0.2) is 0 Å². The van der Waals surface area contributed by atoms with E-state index in [0.29, 0.717) is 32.7 Å². The van der Waals surface area contributed by atoms with Gasteiger partial charge in [0.2, 0.25) is 11.8 Å². The van der Waals surface area contributed by atoms with Crippen LogP contribution >= 0.6 is 12.4 Å². The maximum absolute atomic E-state index is 11.6. The molecule has 1 fully saturated rings. The molecule has 0 aromatic carbocycles. The minimum absolute atomic E-state index is 0. The van der Waals surface area contributed by atoms with Gasteiger partial charge in [-0.05, 0) is 6.42 Å². The average Bonchev–Trinajstić information content (AvgIpc) is 2.26. The zero-order valence-electron chi connectivity index (χ0n) is 9.05. The molecule has 0 spiro atoms. The van der Waals surface area contributed by atoms with Crippen molar-refractivity contribution in [2.75, 3.05) is 26.3 Å². The molecule has 7 heteroatoms. The summed E-state index contributed by atoms with van der Waals surface area (Å²) in [6.07, 6.45) is 0.579. The molecular weight excluding hydrogens is 234 g/mol. The van der Waals surface area contributed by atoms with Gasteiger partial charge in [-0.25, -0.2) is 0 Å². The Morgan fingerprint density at radius 3 is 2.38 bits per heavy atom. The fraction of sp³-hybridized carbons (Fsp3) is 0.778. The molecule has 0 unspecified atom stereocenters. The summed E-state index contributed by atoms with van der Waals surface area (Å²) >= 11 is 0. The Labute approximate surface area is 101 Å². The van der Waals surface area contributed by atoms with E-state index in [0.717, 1.165) is 0 Å². The standard InChI is InChI=1S/C9H17N3O3.ClH/c10-7(9(11)14)1-2-8(13)12-3-5-15-6-4-12;/h7H,1-6,10H2,(H2,11,14);1H/t7-;/m0./s1. The Balaban J connectivity index is 0.00000225. The van der Waals surface area contributed by atoms with E-state index >= 15 is 0 Å².